The zero-order chi connectivity index (χ0) is 10.3. The van der Waals surface area contributed by atoms with E-state index in [4.69, 9.17) is 0 Å². The Morgan fingerprint density at radius 3 is 3.00 bits per heavy atom. The molecule has 2 aliphatic heterocycles. The molecule has 0 aromatic carbocycles. The van der Waals surface area contributed by atoms with E-state index in [0.29, 0.717) is 0 Å². The van der Waals surface area contributed by atoms with Crippen LogP contribution < -0.4 is 5.32 Å². The topological polar surface area (TPSA) is 15.3 Å². The highest BCUT2D eigenvalue weighted by Crippen LogP contribution is 2.34. The van der Waals surface area contributed by atoms with Gasteiger partial charge in [-0.3, -0.25) is 4.90 Å². The Balaban J connectivity index is 1.74. The maximum atomic E-state index is 3.80. The number of rotatable bonds is 0. The van der Waals surface area contributed by atoms with Gasteiger partial charge in [-0.1, -0.05) is 13.3 Å². The van der Waals surface area contributed by atoms with Gasteiger partial charge in [-0.25, -0.2) is 0 Å². The molecule has 4 unspecified atom stereocenters. The lowest BCUT2D eigenvalue weighted by atomic mass is 9.79. The molecule has 3 fully saturated rings. The van der Waals surface area contributed by atoms with Gasteiger partial charge in [-0.2, -0.15) is 0 Å². The van der Waals surface area contributed by atoms with E-state index in [2.05, 4.69) is 17.1 Å². The lowest BCUT2D eigenvalue weighted by Crippen LogP contribution is -2.65. The molecule has 0 amide bonds. The smallest absolute Gasteiger partial charge is 0.0255 e. The number of fused-ring (bicyclic) bond motifs is 3. The van der Waals surface area contributed by atoms with Crippen LogP contribution in [-0.4, -0.2) is 36.1 Å². The Morgan fingerprint density at radius 1 is 1.13 bits per heavy atom. The van der Waals surface area contributed by atoms with Crippen molar-refractivity contribution in [2.75, 3.05) is 13.1 Å². The molecule has 1 N–H and O–H groups in total. The van der Waals surface area contributed by atoms with Crippen LogP contribution in [0.5, 0.6) is 0 Å². The average molecular weight is 208 g/mol. The second-order valence-electron chi connectivity index (χ2n) is 5.89. The minimum Gasteiger partial charge on any atom is -0.311 e. The summed E-state index contributed by atoms with van der Waals surface area (Å²) in [5.41, 5.74) is 0. The zero-order valence-electron chi connectivity index (χ0n) is 9.91. The van der Waals surface area contributed by atoms with Gasteiger partial charge in [0.1, 0.15) is 0 Å². The number of hydrogen-bond donors (Lipinski definition) is 1. The minimum absolute atomic E-state index is 0.815. The quantitative estimate of drug-likeness (QED) is 0.655. The van der Waals surface area contributed by atoms with Crippen LogP contribution >= 0.6 is 0 Å². The van der Waals surface area contributed by atoms with E-state index in [1.807, 2.05) is 0 Å². The lowest BCUT2D eigenvalue weighted by Gasteiger charge is -2.52. The maximum Gasteiger partial charge on any atom is 0.0255 e. The first-order valence-corrected chi connectivity index (χ1v) is 6.84. The summed E-state index contributed by atoms with van der Waals surface area (Å²) in [4.78, 5) is 2.85. The van der Waals surface area contributed by atoms with Crippen LogP contribution in [0.25, 0.3) is 0 Å². The van der Waals surface area contributed by atoms with Crippen LogP contribution in [0.4, 0.5) is 0 Å². The molecule has 0 radical (unpaired) electrons. The molecule has 4 atom stereocenters. The molecule has 2 saturated heterocycles. The molecule has 0 aromatic rings. The lowest BCUT2D eigenvalue weighted by molar-refractivity contribution is 0.00628. The monoisotopic (exact) mass is 208 g/mol. The van der Waals surface area contributed by atoms with Crippen LogP contribution in [0.3, 0.4) is 0 Å². The standard InChI is InChI=1S/C13H24N2/c1-10-5-6-12-13(8-10)15-7-3-2-4-11(15)9-14-12/h10-14H,2-9H2,1H3. The largest absolute Gasteiger partial charge is 0.311 e. The van der Waals surface area contributed by atoms with Gasteiger partial charge in [0, 0.05) is 24.7 Å². The van der Waals surface area contributed by atoms with Gasteiger partial charge >= 0.3 is 0 Å². The Labute approximate surface area is 93.4 Å². The molecular formula is C13H24N2. The predicted molar refractivity (Wildman–Crippen MR) is 62.9 cm³/mol. The molecule has 2 heteroatoms. The summed E-state index contributed by atoms with van der Waals surface area (Å²) in [6.45, 7) is 5.07. The molecular weight excluding hydrogens is 184 g/mol. The van der Waals surface area contributed by atoms with E-state index >= 15 is 0 Å². The highest BCUT2D eigenvalue weighted by atomic mass is 15.3. The van der Waals surface area contributed by atoms with Crippen molar-refractivity contribution in [1.29, 1.82) is 0 Å². The number of nitrogens with zero attached hydrogens (tertiary/aromatic N) is 1. The molecule has 1 saturated carbocycles. The second kappa shape index (κ2) is 4.06. The van der Waals surface area contributed by atoms with Crippen molar-refractivity contribution in [3.8, 4) is 0 Å². The highest BCUT2D eigenvalue weighted by molar-refractivity contribution is 4.98. The van der Waals surface area contributed by atoms with Crippen molar-refractivity contribution in [2.24, 2.45) is 5.92 Å². The summed E-state index contributed by atoms with van der Waals surface area (Å²) in [5, 5.41) is 3.80. The molecule has 3 aliphatic rings. The third kappa shape index (κ3) is 1.83. The van der Waals surface area contributed by atoms with Crippen LogP contribution in [0.2, 0.25) is 0 Å². The fourth-order valence-electron chi connectivity index (χ4n) is 3.92. The van der Waals surface area contributed by atoms with Crippen molar-refractivity contribution in [3.63, 3.8) is 0 Å². The van der Waals surface area contributed by atoms with Crippen molar-refractivity contribution < 1.29 is 0 Å². The number of hydrogen-bond acceptors (Lipinski definition) is 2. The third-order valence-electron chi connectivity index (χ3n) is 4.79. The fraction of sp³-hybridized carbons (Fsp3) is 1.00. The Kier molecular flexibility index (Phi) is 2.73. The number of piperazine rings is 1. The first-order chi connectivity index (χ1) is 7.34. The molecule has 86 valence electrons. The SMILES string of the molecule is CC1CCC2NCC3CCCCN3C2C1. The van der Waals surface area contributed by atoms with E-state index in [1.165, 1.54) is 51.6 Å². The molecule has 2 heterocycles. The molecule has 0 aromatic heterocycles. The van der Waals surface area contributed by atoms with Gasteiger partial charge < -0.3 is 5.32 Å². The second-order valence-corrected chi connectivity index (χ2v) is 5.89. The first-order valence-electron chi connectivity index (χ1n) is 6.84. The van der Waals surface area contributed by atoms with Crippen LogP contribution in [-0.2, 0) is 0 Å². The van der Waals surface area contributed by atoms with Crippen molar-refractivity contribution in [3.05, 3.63) is 0 Å². The van der Waals surface area contributed by atoms with Crippen molar-refractivity contribution >= 4 is 0 Å². The van der Waals surface area contributed by atoms with Crippen LogP contribution in [0.15, 0.2) is 0 Å². The van der Waals surface area contributed by atoms with Gasteiger partial charge in [0.05, 0.1) is 0 Å². The van der Waals surface area contributed by atoms with Gasteiger partial charge in [0.25, 0.3) is 0 Å². The Morgan fingerprint density at radius 2 is 2.07 bits per heavy atom. The summed E-state index contributed by atoms with van der Waals surface area (Å²) in [6, 6.07) is 2.55. The number of piperidine rings is 1. The fourth-order valence-corrected chi connectivity index (χ4v) is 3.92. The summed E-state index contributed by atoms with van der Waals surface area (Å²) >= 11 is 0. The Bertz CT molecular complexity index is 229. The van der Waals surface area contributed by atoms with Crippen LogP contribution in [0, 0.1) is 5.92 Å². The summed E-state index contributed by atoms with van der Waals surface area (Å²) < 4.78 is 0. The van der Waals surface area contributed by atoms with Gasteiger partial charge in [-0.15, -0.1) is 0 Å². The van der Waals surface area contributed by atoms with E-state index in [9.17, 15) is 0 Å². The number of nitrogens with one attached hydrogen (secondary N) is 1. The normalized spacial score (nSPS) is 47.0. The Hall–Kier alpha value is -0.0800. The summed E-state index contributed by atoms with van der Waals surface area (Å²) in [5.74, 6) is 0.953. The van der Waals surface area contributed by atoms with Gasteiger partial charge in [-0.05, 0) is 44.6 Å². The summed E-state index contributed by atoms with van der Waals surface area (Å²) in [7, 11) is 0. The third-order valence-corrected chi connectivity index (χ3v) is 4.79. The van der Waals surface area contributed by atoms with Crippen LogP contribution in [0.1, 0.15) is 45.4 Å². The maximum absolute atomic E-state index is 3.80. The van der Waals surface area contributed by atoms with Crippen molar-refractivity contribution in [2.45, 2.75) is 63.6 Å². The predicted octanol–water partition coefficient (Wildman–Crippen LogP) is 2.00. The first kappa shape index (κ1) is 10.1. The molecule has 2 nitrogen and oxygen atoms in total. The molecule has 0 bridgehead atoms. The minimum atomic E-state index is 0.815. The van der Waals surface area contributed by atoms with E-state index in [-0.39, 0.29) is 0 Å². The van der Waals surface area contributed by atoms with E-state index in [1.54, 1.807) is 0 Å². The van der Waals surface area contributed by atoms with E-state index in [0.717, 1.165) is 24.0 Å². The molecule has 15 heavy (non-hydrogen) atoms. The zero-order valence-corrected chi connectivity index (χ0v) is 9.91. The van der Waals surface area contributed by atoms with Crippen molar-refractivity contribution in [1.82, 2.24) is 10.2 Å². The summed E-state index contributed by atoms with van der Waals surface area (Å²) in [6.07, 6.45) is 8.62. The van der Waals surface area contributed by atoms with Gasteiger partial charge in [0.2, 0.25) is 0 Å². The molecule has 1 aliphatic carbocycles. The van der Waals surface area contributed by atoms with Gasteiger partial charge in [0.15, 0.2) is 0 Å². The average Bonchev–Trinajstić information content (AvgIpc) is 2.29. The van der Waals surface area contributed by atoms with E-state index < -0.39 is 0 Å². The highest BCUT2D eigenvalue weighted by Gasteiger charge is 2.40. The molecule has 3 rings (SSSR count). The molecule has 0 spiro atoms.